The molecule has 0 amide bonds. The van der Waals surface area contributed by atoms with Crippen molar-refractivity contribution in [1.82, 2.24) is 4.98 Å². The third kappa shape index (κ3) is 2.06. The van der Waals surface area contributed by atoms with E-state index in [0.717, 1.165) is 22.0 Å². The van der Waals surface area contributed by atoms with Gasteiger partial charge < -0.3 is 10.1 Å². The molecule has 17 heavy (non-hydrogen) atoms. The van der Waals surface area contributed by atoms with Gasteiger partial charge in [0.2, 0.25) is 0 Å². The largest absolute Gasteiger partial charge is 0.481 e. The van der Waals surface area contributed by atoms with E-state index in [-0.39, 0.29) is 12.0 Å². The number of aliphatic carboxylic acids is 1. The Labute approximate surface area is 97.9 Å². The normalized spacial score (nSPS) is 10.7. The number of aromatic amines is 1. The van der Waals surface area contributed by atoms with E-state index in [1.807, 2.05) is 26.0 Å². The number of aromatic nitrogens is 1. The second-order valence-electron chi connectivity index (χ2n) is 4.16. The average molecular weight is 231 g/mol. The number of rotatable bonds is 2. The summed E-state index contributed by atoms with van der Waals surface area (Å²) in [5.74, 6) is -1.000. The Balaban J connectivity index is 2.73. The van der Waals surface area contributed by atoms with Crippen molar-refractivity contribution in [3.63, 3.8) is 0 Å². The molecule has 88 valence electrons. The highest BCUT2D eigenvalue weighted by Gasteiger charge is 2.09. The highest BCUT2D eigenvalue weighted by Crippen LogP contribution is 2.19. The molecule has 0 aliphatic carbocycles. The smallest absolute Gasteiger partial charge is 0.308 e. The zero-order valence-electron chi connectivity index (χ0n) is 9.70. The molecule has 1 aromatic heterocycles. The van der Waals surface area contributed by atoms with Crippen molar-refractivity contribution in [1.29, 1.82) is 0 Å². The summed E-state index contributed by atoms with van der Waals surface area (Å²) < 4.78 is 0. The molecule has 1 heterocycles. The number of nitrogens with one attached hydrogen (secondary N) is 1. The summed E-state index contributed by atoms with van der Waals surface area (Å²) in [5, 5.41) is 9.64. The lowest BCUT2D eigenvalue weighted by Crippen LogP contribution is -2.16. The molecule has 2 N–H and O–H groups in total. The van der Waals surface area contributed by atoms with Crippen LogP contribution < -0.4 is 5.56 Å². The number of hydrogen-bond acceptors (Lipinski definition) is 2. The lowest BCUT2D eigenvalue weighted by molar-refractivity contribution is -0.136. The molecule has 0 saturated heterocycles. The van der Waals surface area contributed by atoms with Gasteiger partial charge in [0.15, 0.2) is 0 Å². The fourth-order valence-electron chi connectivity index (χ4n) is 1.87. The van der Waals surface area contributed by atoms with E-state index in [9.17, 15) is 9.59 Å². The lowest BCUT2D eigenvalue weighted by Gasteiger charge is -2.07. The average Bonchev–Trinajstić information content (AvgIpc) is 2.25. The van der Waals surface area contributed by atoms with Gasteiger partial charge >= 0.3 is 5.97 Å². The first-order valence-electron chi connectivity index (χ1n) is 5.33. The number of pyridine rings is 1. The van der Waals surface area contributed by atoms with Crippen LogP contribution in [0.5, 0.6) is 0 Å². The second kappa shape index (κ2) is 4.05. The predicted octanol–water partition coefficient (Wildman–Crippen LogP) is 1.77. The summed E-state index contributed by atoms with van der Waals surface area (Å²) in [6.07, 6.45) is -0.251. The van der Waals surface area contributed by atoms with Crippen LogP contribution in [-0.4, -0.2) is 16.1 Å². The molecular formula is C13H13NO3. The number of fused-ring (bicyclic) bond motifs is 1. The third-order valence-corrected chi connectivity index (χ3v) is 2.99. The van der Waals surface area contributed by atoms with Crippen LogP contribution in [-0.2, 0) is 11.2 Å². The van der Waals surface area contributed by atoms with Crippen molar-refractivity contribution in [2.24, 2.45) is 0 Å². The van der Waals surface area contributed by atoms with Crippen LogP contribution in [0.25, 0.3) is 10.9 Å². The molecule has 4 nitrogen and oxygen atoms in total. The van der Waals surface area contributed by atoms with Crippen LogP contribution in [0.2, 0.25) is 0 Å². The molecule has 1 aromatic carbocycles. The van der Waals surface area contributed by atoms with Crippen molar-refractivity contribution in [2.75, 3.05) is 0 Å². The summed E-state index contributed by atoms with van der Waals surface area (Å²) in [6, 6.07) is 5.44. The fraction of sp³-hybridized carbons (Fsp3) is 0.231. The molecule has 0 aliphatic heterocycles. The molecule has 0 aliphatic rings. The Hall–Kier alpha value is -2.10. The van der Waals surface area contributed by atoms with Crippen LogP contribution in [0.4, 0.5) is 0 Å². The van der Waals surface area contributed by atoms with Crippen molar-refractivity contribution >= 4 is 16.9 Å². The quantitative estimate of drug-likeness (QED) is 0.827. The number of carbonyl (C=O) groups is 1. The Bertz CT molecular complexity index is 655. The van der Waals surface area contributed by atoms with E-state index in [1.54, 1.807) is 6.07 Å². The molecule has 4 heteroatoms. The first kappa shape index (κ1) is 11.4. The maximum Gasteiger partial charge on any atom is 0.308 e. The fourth-order valence-corrected chi connectivity index (χ4v) is 1.87. The number of H-pyrrole nitrogens is 1. The minimum absolute atomic E-state index is 0.251. The van der Waals surface area contributed by atoms with Gasteiger partial charge in [-0.2, -0.15) is 0 Å². The van der Waals surface area contributed by atoms with Crippen LogP contribution in [0.15, 0.2) is 23.0 Å². The maximum absolute atomic E-state index is 11.6. The van der Waals surface area contributed by atoms with Gasteiger partial charge in [-0.1, -0.05) is 6.07 Å². The van der Waals surface area contributed by atoms with Crippen LogP contribution in [0.3, 0.4) is 0 Å². The van der Waals surface area contributed by atoms with E-state index < -0.39 is 5.97 Å². The van der Waals surface area contributed by atoms with E-state index >= 15 is 0 Å². The molecule has 0 unspecified atom stereocenters. The Morgan fingerprint density at radius 2 is 2.06 bits per heavy atom. The van der Waals surface area contributed by atoms with Crippen LogP contribution >= 0.6 is 0 Å². The SMILES string of the molecule is Cc1ccc2[nH]c(=O)c(CC(=O)O)cc2c1C. The minimum Gasteiger partial charge on any atom is -0.481 e. The monoisotopic (exact) mass is 231 g/mol. The Kier molecular flexibility index (Phi) is 2.71. The van der Waals surface area contributed by atoms with Crippen molar-refractivity contribution < 1.29 is 9.90 Å². The van der Waals surface area contributed by atoms with E-state index in [4.69, 9.17) is 5.11 Å². The summed E-state index contributed by atoms with van der Waals surface area (Å²) in [5.41, 5.74) is 2.88. The molecule has 2 rings (SSSR count). The summed E-state index contributed by atoms with van der Waals surface area (Å²) in [4.78, 5) is 25.0. The molecular weight excluding hydrogens is 218 g/mol. The first-order chi connectivity index (χ1) is 7.99. The molecule has 0 atom stereocenters. The zero-order valence-corrected chi connectivity index (χ0v) is 9.70. The number of aryl methyl sites for hydroxylation is 2. The van der Waals surface area contributed by atoms with Gasteiger partial charge in [-0.3, -0.25) is 9.59 Å². The summed E-state index contributed by atoms with van der Waals surface area (Å²) in [7, 11) is 0. The van der Waals surface area contributed by atoms with Crippen LogP contribution in [0, 0.1) is 13.8 Å². The van der Waals surface area contributed by atoms with Gasteiger partial charge in [0.1, 0.15) is 0 Å². The van der Waals surface area contributed by atoms with Gasteiger partial charge in [0, 0.05) is 16.5 Å². The summed E-state index contributed by atoms with van der Waals surface area (Å²) >= 11 is 0. The molecule has 0 spiro atoms. The van der Waals surface area contributed by atoms with Gasteiger partial charge in [0.25, 0.3) is 5.56 Å². The third-order valence-electron chi connectivity index (χ3n) is 2.99. The highest BCUT2D eigenvalue weighted by molar-refractivity contribution is 5.84. The van der Waals surface area contributed by atoms with Gasteiger partial charge in [0.05, 0.1) is 6.42 Å². The lowest BCUT2D eigenvalue weighted by atomic mass is 10.0. The highest BCUT2D eigenvalue weighted by atomic mass is 16.4. The van der Waals surface area contributed by atoms with Crippen LogP contribution in [0.1, 0.15) is 16.7 Å². The molecule has 0 saturated carbocycles. The number of carboxylic acid groups (broad SMARTS) is 1. The minimum atomic E-state index is -1.000. The molecule has 2 aromatic rings. The second-order valence-corrected chi connectivity index (χ2v) is 4.16. The van der Waals surface area contributed by atoms with Crippen molar-refractivity contribution in [3.05, 3.63) is 45.2 Å². The van der Waals surface area contributed by atoms with Gasteiger partial charge in [-0.25, -0.2) is 0 Å². The molecule has 0 fully saturated rings. The molecule has 0 radical (unpaired) electrons. The first-order valence-corrected chi connectivity index (χ1v) is 5.33. The van der Waals surface area contributed by atoms with Crippen molar-refractivity contribution in [3.8, 4) is 0 Å². The zero-order chi connectivity index (χ0) is 12.6. The van der Waals surface area contributed by atoms with Gasteiger partial charge in [-0.05, 0) is 37.1 Å². The van der Waals surface area contributed by atoms with Gasteiger partial charge in [-0.15, -0.1) is 0 Å². The standard InChI is InChI=1S/C13H13NO3/c1-7-3-4-11-10(8(7)2)5-9(6-12(15)16)13(17)14-11/h3-5H,6H2,1-2H3,(H,14,17)(H,15,16). The van der Waals surface area contributed by atoms with Crippen molar-refractivity contribution in [2.45, 2.75) is 20.3 Å². The Morgan fingerprint density at radius 1 is 1.35 bits per heavy atom. The number of benzene rings is 1. The topological polar surface area (TPSA) is 70.2 Å². The van der Waals surface area contributed by atoms with E-state index in [1.165, 1.54) is 0 Å². The molecule has 0 bridgehead atoms. The number of carboxylic acids is 1. The Morgan fingerprint density at radius 3 is 2.71 bits per heavy atom. The summed E-state index contributed by atoms with van der Waals surface area (Å²) in [6.45, 7) is 3.94. The maximum atomic E-state index is 11.6. The van der Waals surface area contributed by atoms with E-state index in [0.29, 0.717) is 5.56 Å². The number of hydrogen-bond donors (Lipinski definition) is 2. The predicted molar refractivity (Wildman–Crippen MR) is 65.4 cm³/mol. The van der Waals surface area contributed by atoms with E-state index in [2.05, 4.69) is 4.98 Å².